The van der Waals surface area contributed by atoms with Gasteiger partial charge in [-0.3, -0.25) is 4.79 Å². The summed E-state index contributed by atoms with van der Waals surface area (Å²) in [5, 5.41) is 4.21. The maximum absolute atomic E-state index is 12.6. The summed E-state index contributed by atoms with van der Waals surface area (Å²) in [6, 6.07) is 23.9. The van der Waals surface area contributed by atoms with Gasteiger partial charge in [-0.15, -0.1) is 11.8 Å². The summed E-state index contributed by atoms with van der Waals surface area (Å²) in [6.07, 6.45) is 0. The first-order chi connectivity index (χ1) is 15.2. The molecule has 1 aromatic heterocycles. The first-order valence-electron chi connectivity index (χ1n) is 10.2. The van der Waals surface area contributed by atoms with E-state index in [4.69, 9.17) is 4.74 Å². The molecule has 31 heavy (non-hydrogen) atoms. The quantitative estimate of drug-likeness (QED) is 0.216. The maximum Gasteiger partial charge on any atom is 0.255 e. The van der Waals surface area contributed by atoms with Crippen LogP contribution in [0.25, 0.3) is 22.2 Å². The van der Waals surface area contributed by atoms with E-state index >= 15 is 0 Å². The number of fused-ring (bicyclic) bond motifs is 1. The molecule has 1 heterocycles. The second kappa shape index (κ2) is 10.1. The van der Waals surface area contributed by atoms with Crippen molar-refractivity contribution in [1.82, 2.24) is 10.3 Å². The van der Waals surface area contributed by atoms with E-state index < -0.39 is 0 Å². The number of carbonyl (C=O) groups is 1. The topological polar surface area (TPSA) is 54.1 Å². The number of halogens is 1. The van der Waals surface area contributed by atoms with E-state index in [1.807, 2.05) is 43.3 Å². The Morgan fingerprint density at radius 2 is 1.77 bits per heavy atom. The molecule has 0 fully saturated rings. The minimum Gasteiger partial charge on any atom is -0.493 e. The first kappa shape index (κ1) is 21.5. The standard InChI is InChI=1S/C25H23BrN2O2S/c1-2-30-22-10-6-4-8-20(22)25(29)27-15-16-31-24-19-7-3-5-9-21(19)28-23(24)17-11-13-18(26)14-12-17/h3-14,28H,2,15-16H2,1H3,(H,27,29). The molecule has 0 radical (unpaired) electrons. The zero-order valence-corrected chi connectivity index (χ0v) is 19.6. The Morgan fingerprint density at radius 1 is 1.03 bits per heavy atom. The molecule has 2 N–H and O–H groups in total. The number of nitrogens with one attached hydrogen (secondary N) is 2. The van der Waals surface area contributed by atoms with Crippen molar-refractivity contribution in [2.75, 3.05) is 18.9 Å². The van der Waals surface area contributed by atoms with Gasteiger partial charge in [-0.1, -0.05) is 58.4 Å². The van der Waals surface area contributed by atoms with Crippen molar-refractivity contribution in [2.24, 2.45) is 0 Å². The highest BCUT2D eigenvalue weighted by atomic mass is 79.9. The number of rotatable bonds is 8. The van der Waals surface area contributed by atoms with Gasteiger partial charge in [-0.05, 0) is 42.8 Å². The van der Waals surface area contributed by atoms with Crippen LogP contribution in [0.3, 0.4) is 0 Å². The number of aromatic nitrogens is 1. The highest BCUT2D eigenvalue weighted by Gasteiger charge is 2.15. The number of amides is 1. The van der Waals surface area contributed by atoms with E-state index in [1.165, 1.54) is 10.3 Å². The lowest BCUT2D eigenvalue weighted by Crippen LogP contribution is -2.26. The zero-order valence-electron chi connectivity index (χ0n) is 17.2. The molecule has 0 aliphatic carbocycles. The van der Waals surface area contributed by atoms with E-state index in [-0.39, 0.29) is 5.91 Å². The molecule has 0 bridgehead atoms. The number of para-hydroxylation sites is 2. The molecule has 0 saturated carbocycles. The summed E-state index contributed by atoms with van der Waals surface area (Å²) >= 11 is 5.25. The molecule has 0 unspecified atom stereocenters. The van der Waals surface area contributed by atoms with Crippen molar-refractivity contribution < 1.29 is 9.53 Å². The van der Waals surface area contributed by atoms with Gasteiger partial charge in [0.2, 0.25) is 0 Å². The van der Waals surface area contributed by atoms with Crippen LogP contribution in [-0.2, 0) is 0 Å². The highest BCUT2D eigenvalue weighted by Crippen LogP contribution is 2.37. The number of aromatic amines is 1. The molecule has 6 heteroatoms. The molecule has 4 aromatic rings. The molecule has 0 spiro atoms. The summed E-state index contributed by atoms with van der Waals surface area (Å²) in [5.41, 5.74) is 3.91. The van der Waals surface area contributed by atoms with Gasteiger partial charge < -0.3 is 15.0 Å². The average Bonchev–Trinajstić information content (AvgIpc) is 3.16. The third kappa shape index (κ3) is 4.97. The Balaban J connectivity index is 1.48. The molecule has 0 saturated heterocycles. The number of hydrogen-bond donors (Lipinski definition) is 2. The van der Waals surface area contributed by atoms with E-state index in [1.54, 1.807) is 17.8 Å². The number of benzene rings is 3. The minimum absolute atomic E-state index is 0.114. The van der Waals surface area contributed by atoms with Crippen molar-refractivity contribution >= 4 is 44.5 Å². The maximum atomic E-state index is 12.6. The first-order valence-corrected chi connectivity index (χ1v) is 11.9. The number of H-pyrrole nitrogens is 1. The van der Waals surface area contributed by atoms with Gasteiger partial charge in [-0.2, -0.15) is 0 Å². The molecule has 1 amide bonds. The van der Waals surface area contributed by atoms with Crippen LogP contribution in [0.15, 0.2) is 82.2 Å². The Bertz CT molecular complexity index is 1190. The van der Waals surface area contributed by atoms with E-state index in [9.17, 15) is 4.79 Å². The van der Waals surface area contributed by atoms with Crippen LogP contribution in [0.5, 0.6) is 5.75 Å². The molecule has 3 aromatic carbocycles. The van der Waals surface area contributed by atoms with Crippen LogP contribution in [0, 0.1) is 0 Å². The molecular weight excluding hydrogens is 472 g/mol. The van der Waals surface area contributed by atoms with Gasteiger partial charge in [0.25, 0.3) is 5.91 Å². The minimum atomic E-state index is -0.114. The van der Waals surface area contributed by atoms with E-state index in [0.29, 0.717) is 24.5 Å². The third-order valence-electron chi connectivity index (χ3n) is 4.86. The fourth-order valence-electron chi connectivity index (χ4n) is 3.43. The predicted molar refractivity (Wildman–Crippen MR) is 132 cm³/mol. The van der Waals surface area contributed by atoms with Gasteiger partial charge in [0.1, 0.15) is 5.75 Å². The summed E-state index contributed by atoms with van der Waals surface area (Å²) in [6.45, 7) is 3.00. The van der Waals surface area contributed by atoms with E-state index in [0.717, 1.165) is 27.0 Å². The Hall–Kier alpha value is -2.70. The fourth-order valence-corrected chi connectivity index (χ4v) is 4.75. The molecule has 4 rings (SSSR count). The van der Waals surface area contributed by atoms with Crippen LogP contribution >= 0.6 is 27.7 Å². The van der Waals surface area contributed by atoms with Crippen LogP contribution in [-0.4, -0.2) is 29.8 Å². The molecule has 158 valence electrons. The Labute approximate surface area is 194 Å². The normalized spacial score (nSPS) is 10.9. The van der Waals surface area contributed by atoms with Gasteiger partial charge in [-0.25, -0.2) is 0 Å². The predicted octanol–water partition coefficient (Wildman–Crippen LogP) is 6.52. The average molecular weight is 495 g/mol. The van der Waals surface area contributed by atoms with Crippen LogP contribution in [0.1, 0.15) is 17.3 Å². The number of hydrogen-bond acceptors (Lipinski definition) is 3. The molecule has 0 aliphatic rings. The number of carbonyl (C=O) groups excluding carboxylic acids is 1. The van der Waals surface area contributed by atoms with Gasteiger partial charge >= 0.3 is 0 Å². The van der Waals surface area contributed by atoms with E-state index in [2.05, 4.69) is 56.6 Å². The smallest absolute Gasteiger partial charge is 0.255 e. The summed E-state index contributed by atoms with van der Waals surface area (Å²) < 4.78 is 6.62. The van der Waals surface area contributed by atoms with Gasteiger partial charge in [0.05, 0.1) is 17.9 Å². The largest absolute Gasteiger partial charge is 0.493 e. The SMILES string of the molecule is CCOc1ccccc1C(=O)NCCSc1c(-c2ccc(Br)cc2)[nH]c2ccccc12. The highest BCUT2D eigenvalue weighted by molar-refractivity contribution is 9.10. The van der Waals surface area contributed by atoms with Gasteiger partial charge in [0.15, 0.2) is 0 Å². The summed E-state index contributed by atoms with van der Waals surface area (Å²) in [4.78, 5) is 17.4. The number of ether oxygens (including phenoxy) is 1. The lowest BCUT2D eigenvalue weighted by Gasteiger charge is -2.10. The van der Waals surface area contributed by atoms with Crippen molar-refractivity contribution in [3.05, 3.63) is 82.8 Å². The lowest BCUT2D eigenvalue weighted by atomic mass is 10.1. The second-order valence-electron chi connectivity index (χ2n) is 6.92. The molecule has 0 aliphatic heterocycles. The molecular formula is C25H23BrN2O2S. The zero-order chi connectivity index (χ0) is 21.6. The fraction of sp³-hybridized carbons (Fsp3) is 0.160. The third-order valence-corrected chi connectivity index (χ3v) is 6.51. The van der Waals surface area contributed by atoms with Crippen LogP contribution in [0.2, 0.25) is 0 Å². The summed E-state index contributed by atoms with van der Waals surface area (Å²) in [5.74, 6) is 1.26. The Morgan fingerprint density at radius 3 is 2.58 bits per heavy atom. The summed E-state index contributed by atoms with van der Waals surface area (Å²) in [7, 11) is 0. The van der Waals surface area contributed by atoms with Crippen molar-refractivity contribution in [1.29, 1.82) is 0 Å². The van der Waals surface area contributed by atoms with Crippen molar-refractivity contribution in [3.8, 4) is 17.0 Å². The second-order valence-corrected chi connectivity index (χ2v) is 8.94. The van der Waals surface area contributed by atoms with Crippen molar-refractivity contribution in [3.63, 3.8) is 0 Å². The molecule has 4 nitrogen and oxygen atoms in total. The van der Waals surface area contributed by atoms with Gasteiger partial charge in [0, 0.05) is 32.6 Å². The van der Waals surface area contributed by atoms with Crippen molar-refractivity contribution in [2.45, 2.75) is 11.8 Å². The van der Waals surface area contributed by atoms with Crippen LogP contribution in [0.4, 0.5) is 0 Å². The number of thioether (sulfide) groups is 1. The van der Waals surface area contributed by atoms with Crippen LogP contribution < -0.4 is 10.1 Å². The monoisotopic (exact) mass is 494 g/mol. The lowest BCUT2D eigenvalue weighted by molar-refractivity contribution is 0.0952. The molecule has 0 atom stereocenters. The Kier molecular flexibility index (Phi) is 6.99.